The Bertz CT molecular complexity index is 121. The third-order valence-corrected chi connectivity index (χ3v) is 1.16. The summed E-state index contributed by atoms with van der Waals surface area (Å²) < 4.78 is 10.1. The largest absolute Gasteiger partial charge is 0.436 e. The molecule has 0 aromatic carbocycles. The number of hydrogen-bond acceptors (Lipinski definition) is 3. The van der Waals surface area contributed by atoms with Gasteiger partial charge in [0.1, 0.15) is 0 Å². The normalized spacial score (nSPS) is 13.2. The fourth-order valence-corrected chi connectivity index (χ4v) is 0.690. The molecule has 0 heterocycles. The monoisotopic (exact) mass is 160 g/mol. The third kappa shape index (κ3) is 4.79. The number of ether oxygens (including phenoxy) is 2. The van der Waals surface area contributed by atoms with Crippen molar-refractivity contribution in [3.63, 3.8) is 0 Å². The molecule has 3 heteroatoms. The van der Waals surface area contributed by atoms with E-state index in [1.807, 2.05) is 20.8 Å². The van der Waals surface area contributed by atoms with Gasteiger partial charge in [0.2, 0.25) is 6.29 Å². The van der Waals surface area contributed by atoms with Crippen LogP contribution in [0.5, 0.6) is 0 Å². The van der Waals surface area contributed by atoms with Crippen LogP contribution in [-0.2, 0) is 14.3 Å². The van der Waals surface area contributed by atoms with E-state index in [4.69, 9.17) is 9.47 Å². The molecule has 0 amide bonds. The first-order valence-corrected chi connectivity index (χ1v) is 3.86. The molecule has 0 aliphatic carbocycles. The van der Waals surface area contributed by atoms with Crippen LogP contribution in [0.3, 0.4) is 0 Å². The average Bonchev–Trinajstić information content (AvgIpc) is 1.86. The number of hydrogen-bond donors (Lipinski definition) is 0. The Hall–Kier alpha value is -0.570. The zero-order valence-electron chi connectivity index (χ0n) is 7.59. The molecule has 0 saturated carbocycles. The number of rotatable bonds is 4. The maximum atomic E-state index is 10.5. The average molecular weight is 160 g/mol. The second kappa shape index (κ2) is 5.13. The zero-order chi connectivity index (χ0) is 8.85. The lowest BCUT2D eigenvalue weighted by Gasteiger charge is -2.19. The molecule has 0 spiro atoms. The van der Waals surface area contributed by atoms with E-state index in [1.165, 1.54) is 6.92 Å². The minimum absolute atomic E-state index is 0.207. The van der Waals surface area contributed by atoms with Gasteiger partial charge in [0, 0.05) is 19.4 Å². The summed E-state index contributed by atoms with van der Waals surface area (Å²) in [4.78, 5) is 10.5. The van der Waals surface area contributed by atoms with Crippen molar-refractivity contribution in [3.8, 4) is 0 Å². The predicted octanol–water partition coefficient (Wildman–Crippen LogP) is 1.57. The van der Waals surface area contributed by atoms with E-state index >= 15 is 0 Å². The van der Waals surface area contributed by atoms with Gasteiger partial charge in [-0.05, 0) is 6.92 Å². The molecular formula is C8H16O3. The van der Waals surface area contributed by atoms with Crippen LogP contribution in [0.25, 0.3) is 0 Å². The molecule has 66 valence electrons. The van der Waals surface area contributed by atoms with E-state index in [9.17, 15) is 4.79 Å². The van der Waals surface area contributed by atoms with Crippen LogP contribution in [0.2, 0.25) is 0 Å². The van der Waals surface area contributed by atoms with Gasteiger partial charge >= 0.3 is 5.97 Å². The summed E-state index contributed by atoms with van der Waals surface area (Å²) in [6.45, 7) is 7.72. The Morgan fingerprint density at radius 2 is 2.00 bits per heavy atom. The molecule has 0 saturated heterocycles. The number of carbonyl (C=O) groups excluding carboxylic acids is 1. The fourth-order valence-electron chi connectivity index (χ4n) is 0.690. The highest BCUT2D eigenvalue weighted by atomic mass is 16.7. The summed E-state index contributed by atoms with van der Waals surface area (Å²) in [6.07, 6.45) is -0.391. The summed E-state index contributed by atoms with van der Waals surface area (Å²) in [7, 11) is 0. The standard InChI is InChI=1S/C8H16O3/c1-5-10-8(6(2)3)11-7(4)9/h6,8H,5H2,1-4H3. The predicted molar refractivity (Wildman–Crippen MR) is 42.0 cm³/mol. The van der Waals surface area contributed by atoms with Crippen molar-refractivity contribution in [1.82, 2.24) is 0 Å². The van der Waals surface area contributed by atoms with Gasteiger partial charge in [0.15, 0.2) is 0 Å². The van der Waals surface area contributed by atoms with Crippen LogP contribution in [0.15, 0.2) is 0 Å². The van der Waals surface area contributed by atoms with E-state index in [0.717, 1.165) is 0 Å². The van der Waals surface area contributed by atoms with Gasteiger partial charge in [-0.15, -0.1) is 0 Å². The fraction of sp³-hybridized carbons (Fsp3) is 0.875. The first-order valence-electron chi connectivity index (χ1n) is 3.86. The molecule has 0 aromatic heterocycles. The highest BCUT2D eigenvalue weighted by molar-refractivity contribution is 5.66. The topological polar surface area (TPSA) is 35.5 Å². The van der Waals surface area contributed by atoms with E-state index in [1.54, 1.807) is 0 Å². The van der Waals surface area contributed by atoms with Gasteiger partial charge in [0.05, 0.1) is 0 Å². The summed E-state index contributed by atoms with van der Waals surface area (Å²) in [5.41, 5.74) is 0. The Morgan fingerprint density at radius 3 is 2.27 bits per heavy atom. The van der Waals surface area contributed by atoms with Gasteiger partial charge in [0.25, 0.3) is 0 Å². The third-order valence-electron chi connectivity index (χ3n) is 1.16. The first-order chi connectivity index (χ1) is 5.07. The molecule has 0 radical (unpaired) electrons. The Kier molecular flexibility index (Phi) is 4.86. The summed E-state index contributed by atoms with van der Waals surface area (Å²) in [5, 5.41) is 0. The Morgan fingerprint density at radius 1 is 1.45 bits per heavy atom. The molecule has 1 unspecified atom stereocenters. The lowest BCUT2D eigenvalue weighted by molar-refractivity contribution is -0.185. The van der Waals surface area contributed by atoms with Crippen molar-refractivity contribution in [2.45, 2.75) is 34.0 Å². The zero-order valence-corrected chi connectivity index (χ0v) is 7.59. The summed E-state index contributed by atoms with van der Waals surface area (Å²) >= 11 is 0. The highest BCUT2D eigenvalue weighted by Crippen LogP contribution is 2.07. The molecule has 0 aromatic rings. The van der Waals surface area contributed by atoms with Crippen molar-refractivity contribution >= 4 is 5.97 Å². The lowest BCUT2D eigenvalue weighted by atomic mass is 10.2. The molecule has 0 N–H and O–H groups in total. The molecule has 3 nitrogen and oxygen atoms in total. The molecule has 0 fully saturated rings. The molecular weight excluding hydrogens is 144 g/mol. The highest BCUT2D eigenvalue weighted by Gasteiger charge is 2.15. The van der Waals surface area contributed by atoms with Crippen LogP contribution < -0.4 is 0 Å². The van der Waals surface area contributed by atoms with E-state index in [0.29, 0.717) is 6.61 Å². The van der Waals surface area contributed by atoms with E-state index in [-0.39, 0.29) is 11.9 Å². The van der Waals surface area contributed by atoms with Crippen molar-refractivity contribution in [2.75, 3.05) is 6.61 Å². The van der Waals surface area contributed by atoms with Gasteiger partial charge in [-0.25, -0.2) is 0 Å². The molecule has 0 aliphatic heterocycles. The maximum Gasteiger partial charge on any atom is 0.304 e. The smallest absolute Gasteiger partial charge is 0.304 e. The first kappa shape index (κ1) is 10.4. The molecule has 1 atom stereocenters. The van der Waals surface area contributed by atoms with Crippen LogP contribution >= 0.6 is 0 Å². The number of carbonyl (C=O) groups is 1. The van der Waals surface area contributed by atoms with Crippen molar-refractivity contribution < 1.29 is 14.3 Å². The van der Waals surface area contributed by atoms with E-state index < -0.39 is 6.29 Å². The quantitative estimate of drug-likeness (QED) is 0.462. The van der Waals surface area contributed by atoms with Crippen LogP contribution in [-0.4, -0.2) is 18.9 Å². The van der Waals surface area contributed by atoms with Crippen molar-refractivity contribution in [2.24, 2.45) is 5.92 Å². The number of esters is 1. The molecule has 0 aliphatic rings. The van der Waals surface area contributed by atoms with Crippen molar-refractivity contribution in [3.05, 3.63) is 0 Å². The molecule has 0 rings (SSSR count). The second-order valence-corrected chi connectivity index (χ2v) is 2.68. The van der Waals surface area contributed by atoms with Crippen molar-refractivity contribution in [1.29, 1.82) is 0 Å². The SMILES string of the molecule is CCOC(OC(C)=O)C(C)C. The van der Waals surface area contributed by atoms with Gasteiger partial charge in [-0.1, -0.05) is 13.8 Å². The lowest BCUT2D eigenvalue weighted by Crippen LogP contribution is -2.25. The van der Waals surface area contributed by atoms with Crippen LogP contribution in [0.1, 0.15) is 27.7 Å². The maximum absolute atomic E-state index is 10.5. The van der Waals surface area contributed by atoms with Gasteiger partial charge < -0.3 is 9.47 Å². The Balaban J connectivity index is 3.79. The Labute approximate surface area is 67.7 Å². The summed E-state index contributed by atoms with van der Waals surface area (Å²) in [5.74, 6) is -0.0870. The second-order valence-electron chi connectivity index (χ2n) is 2.68. The minimum atomic E-state index is -0.391. The van der Waals surface area contributed by atoms with Gasteiger partial charge in [-0.2, -0.15) is 0 Å². The van der Waals surface area contributed by atoms with E-state index in [2.05, 4.69) is 0 Å². The van der Waals surface area contributed by atoms with Gasteiger partial charge in [-0.3, -0.25) is 4.79 Å². The molecule has 11 heavy (non-hydrogen) atoms. The minimum Gasteiger partial charge on any atom is -0.436 e. The molecule has 0 bridgehead atoms. The van der Waals surface area contributed by atoms with Crippen LogP contribution in [0, 0.1) is 5.92 Å². The van der Waals surface area contributed by atoms with Crippen LogP contribution in [0.4, 0.5) is 0 Å². The summed E-state index contributed by atoms with van der Waals surface area (Å²) in [6, 6.07) is 0.